The number of anilines is 2. The first-order valence-electron chi connectivity index (χ1n) is 6.32. The molecule has 0 aliphatic rings. The molecule has 22 heavy (non-hydrogen) atoms. The molecule has 108 valence electrons. The van der Waals surface area contributed by atoms with E-state index in [2.05, 4.69) is 15.6 Å². The zero-order valence-corrected chi connectivity index (χ0v) is 12.0. The zero-order chi connectivity index (χ0) is 15.5. The average Bonchev–Trinajstić information content (AvgIpc) is 2.89. The van der Waals surface area contributed by atoms with E-state index in [-0.39, 0.29) is 5.75 Å². The lowest BCUT2D eigenvalue weighted by atomic mass is 10.2. The Balaban J connectivity index is 1.71. The van der Waals surface area contributed by atoms with Crippen molar-refractivity contribution in [1.29, 1.82) is 5.26 Å². The highest BCUT2D eigenvalue weighted by atomic mass is 32.1. The van der Waals surface area contributed by atoms with Crippen LogP contribution in [0.3, 0.4) is 0 Å². The highest BCUT2D eigenvalue weighted by molar-refractivity contribution is 7.22. The first-order valence-corrected chi connectivity index (χ1v) is 7.13. The van der Waals surface area contributed by atoms with Crippen molar-refractivity contribution in [2.24, 2.45) is 0 Å². The number of aromatic hydroxyl groups is 1. The number of nitriles is 1. The van der Waals surface area contributed by atoms with Crippen LogP contribution in [0.2, 0.25) is 0 Å². The van der Waals surface area contributed by atoms with E-state index in [0.29, 0.717) is 21.9 Å². The van der Waals surface area contributed by atoms with Crippen LogP contribution < -0.4 is 10.6 Å². The summed E-state index contributed by atoms with van der Waals surface area (Å²) in [4.78, 5) is 16.2. The van der Waals surface area contributed by atoms with Crippen molar-refractivity contribution >= 4 is 38.4 Å². The number of aromatic nitrogens is 1. The van der Waals surface area contributed by atoms with Gasteiger partial charge in [-0.15, -0.1) is 0 Å². The van der Waals surface area contributed by atoms with Crippen LogP contribution in [0.4, 0.5) is 15.6 Å². The first-order chi connectivity index (χ1) is 10.6. The Hall–Kier alpha value is -3.11. The van der Waals surface area contributed by atoms with Crippen molar-refractivity contribution in [3.05, 3.63) is 48.0 Å². The molecule has 0 aliphatic heterocycles. The third-order valence-corrected chi connectivity index (χ3v) is 3.80. The molecule has 1 aromatic heterocycles. The third-order valence-electron chi connectivity index (χ3n) is 2.86. The van der Waals surface area contributed by atoms with Gasteiger partial charge in [0.15, 0.2) is 5.13 Å². The van der Waals surface area contributed by atoms with Crippen molar-refractivity contribution in [3.63, 3.8) is 0 Å². The minimum absolute atomic E-state index is 0.157. The predicted octanol–water partition coefficient (Wildman–Crippen LogP) is 3.52. The second kappa shape index (κ2) is 5.71. The van der Waals surface area contributed by atoms with Crippen molar-refractivity contribution in [2.45, 2.75) is 0 Å². The number of hydrogen-bond acceptors (Lipinski definition) is 5. The van der Waals surface area contributed by atoms with Gasteiger partial charge < -0.3 is 10.4 Å². The number of nitrogens with zero attached hydrogens (tertiary/aromatic N) is 2. The maximum Gasteiger partial charge on any atom is 0.325 e. The zero-order valence-electron chi connectivity index (χ0n) is 11.2. The fraction of sp³-hybridized carbons (Fsp3) is 0. The Morgan fingerprint density at radius 1 is 1.18 bits per heavy atom. The van der Waals surface area contributed by atoms with Crippen LogP contribution in [0.5, 0.6) is 5.75 Å². The Labute approximate surface area is 129 Å². The Bertz CT molecular complexity index is 881. The first kappa shape index (κ1) is 13.9. The summed E-state index contributed by atoms with van der Waals surface area (Å²) in [5.41, 5.74) is 1.81. The molecule has 0 fully saturated rings. The fourth-order valence-corrected chi connectivity index (χ4v) is 2.75. The van der Waals surface area contributed by atoms with Gasteiger partial charge in [-0.25, -0.2) is 9.78 Å². The topological polar surface area (TPSA) is 98.0 Å². The van der Waals surface area contributed by atoms with E-state index in [1.165, 1.54) is 11.3 Å². The molecule has 2 aromatic carbocycles. The maximum absolute atomic E-state index is 11.9. The summed E-state index contributed by atoms with van der Waals surface area (Å²) in [6.07, 6.45) is 0. The number of urea groups is 1. The molecule has 0 saturated heterocycles. The Kier molecular flexibility index (Phi) is 3.60. The summed E-state index contributed by atoms with van der Waals surface area (Å²) in [5, 5.41) is 23.9. The number of rotatable bonds is 2. The number of nitrogens with one attached hydrogen (secondary N) is 2. The molecular formula is C15H10N4O2S. The summed E-state index contributed by atoms with van der Waals surface area (Å²) in [6, 6.07) is 12.9. The second-order valence-electron chi connectivity index (χ2n) is 4.44. The highest BCUT2D eigenvalue weighted by Crippen LogP contribution is 2.28. The van der Waals surface area contributed by atoms with Gasteiger partial charge in [0.25, 0.3) is 0 Å². The van der Waals surface area contributed by atoms with E-state index in [1.54, 1.807) is 42.5 Å². The van der Waals surface area contributed by atoms with Crippen molar-refractivity contribution in [3.8, 4) is 11.8 Å². The van der Waals surface area contributed by atoms with Crippen molar-refractivity contribution in [1.82, 2.24) is 4.98 Å². The molecule has 0 spiro atoms. The van der Waals surface area contributed by atoms with Gasteiger partial charge in [0, 0.05) is 5.69 Å². The lowest BCUT2D eigenvalue weighted by Gasteiger charge is -2.04. The summed E-state index contributed by atoms with van der Waals surface area (Å²) in [6.45, 7) is 0. The van der Waals surface area contributed by atoms with E-state index >= 15 is 0 Å². The summed E-state index contributed by atoms with van der Waals surface area (Å²) in [5.74, 6) is 0.157. The molecule has 6 nitrogen and oxygen atoms in total. The largest absolute Gasteiger partial charge is 0.508 e. The number of hydrogen-bond donors (Lipinski definition) is 3. The van der Waals surface area contributed by atoms with Crippen LogP contribution >= 0.6 is 11.3 Å². The molecule has 0 saturated carbocycles. The van der Waals surface area contributed by atoms with Crippen LogP contribution in [0.15, 0.2) is 42.5 Å². The molecule has 1 heterocycles. The standard InChI is InChI=1S/C15H10N4O2S/c16-8-9-1-3-10(4-2-9)17-14(21)19-15-18-12-6-5-11(20)7-13(12)22-15/h1-7,20H,(H2,17,18,19,21). The number of phenolic OH excluding ortho intramolecular Hbond substituents is 1. The van der Waals surface area contributed by atoms with Gasteiger partial charge in [0.05, 0.1) is 21.8 Å². The van der Waals surface area contributed by atoms with Gasteiger partial charge >= 0.3 is 6.03 Å². The van der Waals surface area contributed by atoms with E-state index < -0.39 is 6.03 Å². The quantitative estimate of drug-likeness (QED) is 0.674. The number of carbonyl (C=O) groups is 1. The smallest absolute Gasteiger partial charge is 0.325 e. The SMILES string of the molecule is N#Cc1ccc(NC(=O)Nc2nc3ccc(O)cc3s2)cc1. The molecule has 3 N–H and O–H groups in total. The number of phenols is 1. The highest BCUT2D eigenvalue weighted by Gasteiger charge is 2.08. The third kappa shape index (κ3) is 2.97. The van der Waals surface area contributed by atoms with Gasteiger partial charge in [-0.1, -0.05) is 11.3 Å². The average molecular weight is 310 g/mol. The summed E-state index contributed by atoms with van der Waals surface area (Å²) in [7, 11) is 0. The number of amides is 2. The number of thiazole rings is 1. The normalized spacial score (nSPS) is 10.1. The van der Waals surface area contributed by atoms with Crippen LogP contribution in [0.25, 0.3) is 10.2 Å². The molecular weight excluding hydrogens is 300 g/mol. The maximum atomic E-state index is 11.9. The van der Waals surface area contributed by atoms with E-state index in [1.807, 2.05) is 6.07 Å². The predicted molar refractivity (Wildman–Crippen MR) is 85.1 cm³/mol. The van der Waals surface area contributed by atoms with Crippen molar-refractivity contribution < 1.29 is 9.90 Å². The minimum Gasteiger partial charge on any atom is -0.508 e. The van der Waals surface area contributed by atoms with Crippen LogP contribution in [-0.2, 0) is 0 Å². The molecule has 0 aliphatic carbocycles. The minimum atomic E-state index is -0.423. The van der Waals surface area contributed by atoms with E-state index in [0.717, 1.165) is 4.70 Å². The molecule has 7 heteroatoms. The van der Waals surface area contributed by atoms with E-state index in [9.17, 15) is 9.90 Å². The van der Waals surface area contributed by atoms with Gasteiger partial charge in [-0.2, -0.15) is 5.26 Å². The molecule has 0 atom stereocenters. The molecule has 0 bridgehead atoms. The molecule has 2 amide bonds. The van der Waals surface area contributed by atoms with Gasteiger partial charge in [0.2, 0.25) is 0 Å². The van der Waals surface area contributed by atoms with Gasteiger partial charge in [-0.3, -0.25) is 5.32 Å². The fourth-order valence-electron chi connectivity index (χ4n) is 1.85. The van der Waals surface area contributed by atoms with Crippen LogP contribution in [0.1, 0.15) is 5.56 Å². The van der Waals surface area contributed by atoms with Gasteiger partial charge in [-0.05, 0) is 42.5 Å². The Morgan fingerprint density at radius 3 is 2.68 bits per heavy atom. The van der Waals surface area contributed by atoms with E-state index in [4.69, 9.17) is 5.26 Å². The van der Waals surface area contributed by atoms with Crippen molar-refractivity contribution in [2.75, 3.05) is 10.6 Å². The summed E-state index contributed by atoms with van der Waals surface area (Å²) < 4.78 is 0.786. The van der Waals surface area contributed by atoms with Crippen LogP contribution in [-0.4, -0.2) is 16.1 Å². The number of fused-ring (bicyclic) bond motifs is 1. The molecule has 3 aromatic rings. The molecule has 0 radical (unpaired) electrons. The Morgan fingerprint density at radius 2 is 1.95 bits per heavy atom. The number of carbonyl (C=O) groups excluding carboxylic acids is 1. The monoisotopic (exact) mass is 310 g/mol. The number of benzene rings is 2. The second-order valence-corrected chi connectivity index (χ2v) is 5.47. The molecule has 3 rings (SSSR count). The summed E-state index contributed by atoms with van der Waals surface area (Å²) >= 11 is 1.27. The lowest BCUT2D eigenvalue weighted by Crippen LogP contribution is -2.19. The van der Waals surface area contributed by atoms with Crippen LogP contribution in [0, 0.1) is 11.3 Å². The molecule has 0 unspecified atom stereocenters. The lowest BCUT2D eigenvalue weighted by molar-refractivity contribution is 0.262. The van der Waals surface area contributed by atoms with Gasteiger partial charge in [0.1, 0.15) is 5.75 Å².